The number of amides is 2. The molecule has 9 nitrogen and oxygen atoms in total. The number of thioether (sulfide) groups is 1. The highest BCUT2D eigenvalue weighted by molar-refractivity contribution is 8.14. The molecule has 3 N–H and O–H groups in total. The van der Waals surface area contributed by atoms with Crippen molar-refractivity contribution in [2.45, 2.75) is 30.6 Å². The number of benzene rings is 1. The summed E-state index contributed by atoms with van der Waals surface area (Å²) in [5, 5.41) is 14.0. The largest absolute Gasteiger partial charge is 0.465 e. The number of halogens is 3. The van der Waals surface area contributed by atoms with Gasteiger partial charge in [0.2, 0.25) is 0 Å². The number of fused-ring (bicyclic) bond motifs is 1. The number of alkyl halides is 2. The number of anilines is 1. The fraction of sp³-hybridized carbons (Fsp3) is 0.381. The lowest BCUT2D eigenvalue weighted by atomic mass is 9.74. The van der Waals surface area contributed by atoms with Crippen molar-refractivity contribution in [3.05, 3.63) is 53.4 Å². The van der Waals surface area contributed by atoms with E-state index in [-0.39, 0.29) is 39.9 Å². The van der Waals surface area contributed by atoms with Gasteiger partial charge in [0.25, 0.3) is 12.3 Å². The van der Waals surface area contributed by atoms with Crippen molar-refractivity contribution in [2.24, 2.45) is 10.9 Å². The minimum atomic E-state index is -2.81. The second-order valence-electron chi connectivity index (χ2n) is 7.82. The van der Waals surface area contributed by atoms with Gasteiger partial charge in [-0.3, -0.25) is 15.1 Å². The molecule has 180 valence electrons. The summed E-state index contributed by atoms with van der Waals surface area (Å²) in [6.07, 6.45) is -1.78. The molecule has 1 aromatic heterocycles. The summed E-state index contributed by atoms with van der Waals surface area (Å²) in [6.45, 7) is 2.40. The molecule has 1 unspecified atom stereocenters. The average Bonchev–Trinajstić information content (AvgIpc) is 2.79. The van der Waals surface area contributed by atoms with Crippen molar-refractivity contribution < 1.29 is 32.6 Å². The Bertz CT molecular complexity index is 1130. The minimum Gasteiger partial charge on any atom is -0.465 e. The van der Waals surface area contributed by atoms with E-state index in [1.54, 1.807) is 0 Å². The molecular weight excluding hydrogens is 475 g/mol. The van der Waals surface area contributed by atoms with Gasteiger partial charge in [-0.15, -0.1) is 0 Å². The van der Waals surface area contributed by atoms with Crippen molar-refractivity contribution in [3.8, 4) is 0 Å². The topological polar surface area (TPSA) is 126 Å². The molecule has 1 aromatic carbocycles. The van der Waals surface area contributed by atoms with Crippen LogP contribution >= 0.6 is 11.8 Å². The van der Waals surface area contributed by atoms with Gasteiger partial charge < -0.3 is 15.2 Å². The lowest BCUT2D eigenvalue weighted by Crippen LogP contribution is -2.51. The van der Waals surface area contributed by atoms with Gasteiger partial charge in [-0.05, 0) is 24.6 Å². The number of ether oxygens (including phenoxy) is 1. The molecule has 13 heteroatoms. The number of amidine groups is 1. The molecule has 3 heterocycles. The zero-order valence-corrected chi connectivity index (χ0v) is 18.6. The predicted octanol–water partition coefficient (Wildman–Crippen LogP) is 3.80. The predicted molar refractivity (Wildman–Crippen MR) is 118 cm³/mol. The molecule has 0 radical (unpaired) electrons. The Hall–Kier alpha value is -3.19. The Labute approximate surface area is 196 Å². The lowest BCUT2D eigenvalue weighted by Gasteiger charge is -2.47. The van der Waals surface area contributed by atoms with Crippen LogP contribution in [0.25, 0.3) is 0 Å². The van der Waals surface area contributed by atoms with Crippen molar-refractivity contribution in [3.63, 3.8) is 0 Å². The number of carbonyl (C=O) groups is 2. The second-order valence-corrected chi connectivity index (χ2v) is 9.18. The van der Waals surface area contributed by atoms with Gasteiger partial charge in [-0.25, -0.2) is 27.9 Å². The quantitative estimate of drug-likeness (QED) is 0.589. The van der Waals surface area contributed by atoms with Gasteiger partial charge in [0, 0.05) is 29.0 Å². The molecule has 0 bridgehead atoms. The summed E-state index contributed by atoms with van der Waals surface area (Å²) >= 11 is 1.26. The van der Waals surface area contributed by atoms with Crippen LogP contribution in [-0.4, -0.2) is 50.7 Å². The zero-order chi connectivity index (χ0) is 24.5. The highest BCUT2D eigenvalue weighted by Gasteiger charge is 2.50. The van der Waals surface area contributed by atoms with Crippen LogP contribution in [0.5, 0.6) is 0 Å². The number of nitrogens with one attached hydrogen (secondary N) is 2. The maximum atomic E-state index is 15.1. The third-order valence-corrected chi connectivity index (χ3v) is 6.82. The normalized spacial score (nSPS) is 24.2. The number of hydrogen-bond donors (Lipinski definition) is 3. The molecule has 2 aliphatic heterocycles. The molecule has 0 aliphatic carbocycles. The van der Waals surface area contributed by atoms with Gasteiger partial charge >= 0.3 is 6.09 Å². The summed E-state index contributed by atoms with van der Waals surface area (Å²) in [7, 11) is 0. The van der Waals surface area contributed by atoms with Crippen LogP contribution in [0.15, 0.2) is 35.6 Å². The Morgan fingerprint density at radius 3 is 2.74 bits per heavy atom. The van der Waals surface area contributed by atoms with E-state index in [2.05, 4.69) is 25.6 Å². The summed E-state index contributed by atoms with van der Waals surface area (Å²) in [5.74, 6) is -1.46. The fourth-order valence-electron chi connectivity index (χ4n) is 4.17. The van der Waals surface area contributed by atoms with Gasteiger partial charge in [0.15, 0.2) is 5.17 Å². The summed E-state index contributed by atoms with van der Waals surface area (Å²) in [6, 6.07) is 3.93. The highest BCUT2D eigenvalue weighted by atomic mass is 32.2. The van der Waals surface area contributed by atoms with Gasteiger partial charge in [0.1, 0.15) is 22.7 Å². The summed E-state index contributed by atoms with van der Waals surface area (Å²) in [4.78, 5) is 35.5. The molecule has 2 aliphatic rings. The van der Waals surface area contributed by atoms with Crippen molar-refractivity contribution >= 4 is 34.6 Å². The molecule has 34 heavy (non-hydrogen) atoms. The Balaban J connectivity index is 1.68. The van der Waals surface area contributed by atoms with Crippen LogP contribution < -0.4 is 10.6 Å². The average molecular weight is 495 g/mol. The second kappa shape index (κ2) is 9.58. The number of aliphatic imine (C=N–C) groups is 1. The Kier molecular flexibility index (Phi) is 6.75. The maximum Gasteiger partial charge on any atom is 0.410 e. The van der Waals surface area contributed by atoms with E-state index in [0.29, 0.717) is 13.0 Å². The van der Waals surface area contributed by atoms with Crippen LogP contribution in [0, 0.1) is 11.7 Å². The van der Waals surface area contributed by atoms with Gasteiger partial charge in [-0.2, -0.15) is 0 Å². The summed E-state index contributed by atoms with van der Waals surface area (Å²) in [5.41, 5.74) is -1.60. The molecule has 1 saturated heterocycles. The number of rotatable bonds is 4. The SMILES string of the molecule is CC1SC(NC(=O)O)=N[C@@]2(c3cc(NC(=O)c4cnc(C(F)F)cn4)ccc3F)COCC[C@@H]12. The smallest absolute Gasteiger partial charge is 0.410 e. The van der Waals surface area contributed by atoms with Crippen LogP contribution in [0.1, 0.15) is 41.5 Å². The lowest BCUT2D eigenvalue weighted by molar-refractivity contribution is -0.00429. The summed E-state index contributed by atoms with van der Waals surface area (Å²) < 4.78 is 46.1. The zero-order valence-electron chi connectivity index (χ0n) is 17.8. The van der Waals surface area contributed by atoms with E-state index in [9.17, 15) is 18.4 Å². The van der Waals surface area contributed by atoms with Crippen molar-refractivity contribution in [1.82, 2.24) is 15.3 Å². The molecule has 4 rings (SSSR count). The van der Waals surface area contributed by atoms with Crippen molar-refractivity contribution in [2.75, 3.05) is 18.5 Å². The van der Waals surface area contributed by atoms with Gasteiger partial charge in [-0.1, -0.05) is 18.7 Å². The number of aromatic nitrogens is 2. The first-order valence-electron chi connectivity index (χ1n) is 10.3. The minimum absolute atomic E-state index is 0.0300. The maximum absolute atomic E-state index is 15.1. The van der Waals surface area contributed by atoms with E-state index >= 15 is 4.39 Å². The number of nitrogens with zero attached hydrogens (tertiary/aromatic N) is 3. The van der Waals surface area contributed by atoms with Crippen molar-refractivity contribution in [1.29, 1.82) is 0 Å². The van der Waals surface area contributed by atoms with E-state index in [0.717, 1.165) is 12.4 Å². The molecule has 0 spiro atoms. The molecule has 2 amide bonds. The first-order chi connectivity index (χ1) is 16.2. The Morgan fingerprint density at radius 2 is 2.06 bits per heavy atom. The van der Waals surface area contributed by atoms with E-state index < -0.39 is 35.5 Å². The van der Waals surface area contributed by atoms with Crippen LogP contribution in [-0.2, 0) is 10.3 Å². The Morgan fingerprint density at radius 1 is 1.26 bits per heavy atom. The standard InChI is InChI=1S/C21H20F3N5O4S/c1-10-12-4-5-33-9-21(12,29-19(34-10)28-20(31)32)13-6-11(2-3-14(13)22)27-18(30)16-8-25-15(7-26-16)17(23)24/h2-3,6-8,10,12,17H,4-5,9H2,1H3,(H,27,30)(H,28,29)(H,31,32)/t10?,12-,21-/m0/s1. The van der Waals surface area contributed by atoms with Crippen LogP contribution in [0.2, 0.25) is 0 Å². The molecule has 3 atom stereocenters. The van der Waals surface area contributed by atoms with Crippen LogP contribution in [0.3, 0.4) is 0 Å². The number of hydrogen-bond acceptors (Lipinski definition) is 7. The van der Waals surface area contributed by atoms with E-state index in [1.807, 2.05) is 6.92 Å². The van der Waals surface area contributed by atoms with Gasteiger partial charge in [0.05, 0.1) is 19.0 Å². The monoisotopic (exact) mass is 495 g/mol. The third-order valence-electron chi connectivity index (χ3n) is 5.71. The fourth-order valence-corrected chi connectivity index (χ4v) is 5.41. The third kappa shape index (κ3) is 4.71. The molecular formula is C21H20F3N5O4S. The number of carbonyl (C=O) groups excluding carboxylic acids is 1. The first kappa shape index (κ1) is 24.0. The van der Waals surface area contributed by atoms with Crippen LogP contribution in [0.4, 0.5) is 23.7 Å². The first-order valence-corrected chi connectivity index (χ1v) is 11.1. The van der Waals surface area contributed by atoms with E-state index in [4.69, 9.17) is 9.84 Å². The molecule has 1 fully saturated rings. The number of carboxylic acid groups (broad SMARTS) is 1. The highest BCUT2D eigenvalue weighted by Crippen LogP contribution is 2.49. The van der Waals surface area contributed by atoms with E-state index in [1.165, 1.54) is 30.0 Å². The molecule has 2 aromatic rings. The molecule has 0 saturated carbocycles.